The van der Waals surface area contributed by atoms with E-state index in [-0.39, 0.29) is 0 Å². The summed E-state index contributed by atoms with van der Waals surface area (Å²) in [4.78, 5) is 0. The number of rotatable bonds is 4. The molecule has 0 heterocycles. The first kappa shape index (κ1) is 14.7. The SMILES string of the molecule is COc1ccc(C=C(C#N)c2cccc(C)c2)cc1OC. The highest BCUT2D eigenvalue weighted by atomic mass is 16.5. The summed E-state index contributed by atoms with van der Waals surface area (Å²) in [5.41, 5.74) is 3.55. The van der Waals surface area contributed by atoms with Crippen LogP contribution in [0.4, 0.5) is 0 Å². The standard InChI is InChI=1S/C18H17NO2/c1-13-5-4-6-15(9-13)16(12-19)10-14-7-8-17(20-2)18(11-14)21-3/h4-11H,1-3H3. The smallest absolute Gasteiger partial charge is 0.161 e. The fourth-order valence-electron chi connectivity index (χ4n) is 2.10. The Morgan fingerprint density at radius 2 is 1.81 bits per heavy atom. The summed E-state index contributed by atoms with van der Waals surface area (Å²) in [5.74, 6) is 1.32. The minimum absolute atomic E-state index is 0.617. The van der Waals surface area contributed by atoms with Crippen LogP contribution >= 0.6 is 0 Å². The van der Waals surface area contributed by atoms with Crippen LogP contribution in [-0.2, 0) is 0 Å². The van der Waals surface area contributed by atoms with Gasteiger partial charge < -0.3 is 9.47 Å². The van der Waals surface area contributed by atoms with E-state index in [4.69, 9.17) is 9.47 Å². The van der Waals surface area contributed by atoms with Crippen LogP contribution in [0.15, 0.2) is 42.5 Å². The van der Waals surface area contributed by atoms with E-state index in [1.165, 1.54) is 0 Å². The summed E-state index contributed by atoms with van der Waals surface area (Å²) >= 11 is 0. The van der Waals surface area contributed by atoms with Crippen LogP contribution in [0.5, 0.6) is 11.5 Å². The fraction of sp³-hybridized carbons (Fsp3) is 0.167. The third-order valence-electron chi connectivity index (χ3n) is 3.17. The zero-order chi connectivity index (χ0) is 15.2. The quantitative estimate of drug-likeness (QED) is 0.625. The topological polar surface area (TPSA) is 42.2 Å². The van der Waals surface area contributed by atoms with E-state index in [0.29, 0.717) is 17.1 Å². The maximum Gasteiger partial charge on any atom is 0.161 e. The van der Waals surface area contributed by atoms with Gasteiger partial charge in [0.15, 0.2) is 11.5 Å². The van der Waals surface area contributed by atoms with Crippen LogP contribution in [0.1, 0.15) is 16.7 Å². The fourth-order valence-corrected chi connectivity index (χ4v) is 2.10. The van der Waals surface area contributed by atoms with Crippen molar-refractivity contribution in [3.63, 3.8) is 0 Å². The van der Waals surface area contributed by atoms with Crippen molar-refractivity contribution in [3.05, 3.63) is 59.2 Å². The first-order chi connectivity index (χ1) is 10.2. The van der Waals surface area contributed by atoms with Crippen LogP contribution in [0.2, 0.25) is 0 Å². The molecule has 3 nitrogen and oxygen atoms in total. The third-order valence-corrected chi connectivity index (χ3v) is 3.17. The molecule has 0 amide bonds. The minimum Gasteiger partial charge on any atom is -0.493 e. The molecular formula is C18H17NO2. The number of allylic oxidation sites excluding steroid dienone is 1. The van der Waals surface area contributed by atoms with E-state index in [2.05, 4.69) is 6.07 Å². The third kappa shape index (κ3) is 3.43. The highest BCUT2D eigenvalue weighted by Gasteiger charge is 2.05. The molecule has 0 saturated heterocycles. The van der Waals surface area contributed by atoms with Crippen molar-refractivity contribution in [1.29, 1.82) is 5.26 Å². The van der Waals surface area contributed by atoms with Crippen molar-refractivity contribution in [2.45, 2.75) is 6.92 Å². The van der Waals surface area contributed by atoms with Crippen LogP contribution < -0.4 is 9.47 Å². The van der Waals surface area contributed by atoms with Gasteiger partial charge in [0.05, 0.1) is 25.9 Å². The van der Waals surface area contributed by atoms with Gasteiger partial charge in [-0.15, -0.1) is 0 Å². The molecule has 0 aliphatic carbocycles. The van der Waals surface area contributed by atoms with Gasteiger partial charge in [0.25, 0.3) is 0 Å². The average Bonchev–Trinajstić information content (AvgIpc) is 2.52. The first-order valence-electron chi connectivity index (χ1n) is 6.59. The zero-order valence-corrected chi connectivity index (χ0v) is 12.4. The number of nitriles is 1. The molecule has 2 aromatic rings. The van der Waals surface area contributed by atoms with Gasteiger partial charge in [-0.1, -0.05) is 35.9 Å². The predicted molar refractivity (Wildman–Crippen MR) is 84.2 cm³/mol. The lowest BCUT2D eigenvalue weighted by molar-refractivity contribution is 0.355. The van der Waals surface area contributed by atoms with E-state index in [1.807, 2.05) is 55.5 Å². The molecule has 0 fully saturated rings. The Bertz CT molecular complexity index is 711. The Morgan fingerprint density at radius 3 is 2.43 bits per heavy atom. The number of nitrogens with zero attached hydrogens (tertiary/aromatic N) is 1. The molecule has 106 valence electrons. The predicted octanol–water partition coefficient (Wildman–Crippen LogP) is 4.08. The van der Waals surface area contributed by atoms with Gasteiger partial charge in [-0.05, 0) is 36.3 Å². The van der Waals surface area contributed by atoms with Crippen LogP contribution in [-0.4, -0.2) is 14.2 Å². The van der Waals surface area contributed by atoms with Crippen molar-refractivity contribution in [1.82, 2.24) is 0 Å². The van der Waals surface area contributed by atoms with Gasteiger partial charge in [0, 0.05) is 0 Å². The van der Waals surface area contributed by atoms with E-state index < -0.39 is 0 Å². The molecule has 2 aromatic carbocycles. The lowest BCUT2D eigenvalue weighted by Gasteiger charge is -2.08. The maximum atomic E-state index is 9.38. The molecule has 0 saturated carbocycles. The van der Waals surface area contributed by atoms with Crippen molar-refractivity contribution in [2.24, 2.45) is 0 Å². The molecule has 0 aliphatic heterocycles. The summed E-state index contributed by atoms with van der Waals surface area (Å²) < 4.78 is 10.5. The molecule has 0 aromatic heterocycles. The number of ether oxygens (including phenoxy) is 2. The van der Waals surface area contributed by atoms with Gasteiger partial charge in [0.2, 0.25) is 0 Å². The highest BCUT2D eigenvalue weighted by Crippen LogP contribution is 2.29. The molecule has 21 heavy (non-hydrogen) atoms. The maximum absolute atomic E-state index is 9.38. The molecule has 2 rings (SSSR count). The van der Waals surface area contributed by atoms with Gasteiger partial charge in [-0.2, -0.15) is 5.26 Å². The number of benzene rings is 2. The second-order valence-corrected chi connectivity index (χ2v) is 4.65. The second-order valence-electron chi connectivity index (χ2n) is 4.65. The number of hydrogen-bond donors (Lipinski definition) is 0. The van der Waals surface area contributed by atoms with Gasteiger partial charge in [0.1, 0.15) is 0 Å². The molecule has 0 spiro atoms. The van der Waals surface area contributed by atoms with Crippen molar-refractivity contribution >= 4 is 11.6 Å². The van der Waals surface area contributed by atoms with Crippen LogP contribution in [0.25, 0.3) is 11.6 Å². The molecule has 0 bridgehead atoms. The Balaban J connectivity index is 2.43. The first-order valence-corrected chi connectivity index (χ1v) is 6.59. The molecule has 0 atom stereocenters. The van der Waals surface area contributed by atoms with Crippen molar-refractivity contribution in [3.8, 4) is 17.6 Å². The monoisotopic (exact) mass is 279 g/mol. The summed E-state index contributed by atoms with van der Waals surface area (Å²) in [6, 6.07) is 15.7. The van der Waals surface area contributed by atoms with E-state index in [1.54, 1.807) is 14.2 Å². The lowest BCUT2D eigenvalue weighted by atomic mass is 10.0. The highest BCUT2D eigenvalue weighted by molar-refractivity contribution is 5.90. The van der Waals surface area contributed by atoms with Gasteiger partial charge in [-0.25, -0.2) is 0 Å². The van der Waals surface area contributed by atoms with Crippen LogP contribution in [0, 0.1) is 18.3 Å². The van der Waals surface area contributed by atoms with E-state index >= 15 is 0 Å². The average molecular weight is 279 g/mol. The van der Waals surface area contributed by atoms with Gasteiger partial charge >= 0.3 is 0 Å². The molecule has 0 aliphatic rings. The molecular weight excluding hydrogens is 262 g/mol. The zero-order valence-electron chi connectivity index (χ0n) is 12.4. The summed E-state index contributed by atoms with van der Waals surface area (Å²) in [5, 5.41) is 9.38. The molecule has 0 N–H and O–H groups in total. The summed E-state index contributed by atoms with van der Waals surface area (Å²) in [6.45, 7) is 2.01. The molecule has 3 heteroatoms. The van der Waals surface area contributed by atoms with Crippen molar-refractivity contribution < 1.29 is 9.47 Å². The Labute approximate surface area is 125 Å². The Morgan fingerprint density at radius 1 is 1.05 bits per heavy atom. The molecule has 0 radical (unpaired) electrons. The largest absolute Gasteiger partial charge is 0.493 e. The number of methoxy groups -OCH3 is 2. The van der Waals surface area contributed by atoms with Crippen LogP contribution in [0.3, 0.4) is 0 Å². The van der Waals surface area contributed by atoms with E-state index in [0.717, 1.165) is 16.7 Å². The minimum atomic E-state index is 0.617. The number of hydrogen-bond acceptors (Lipinski definition) is 3. The summed E-state index contributed by atoms with van der Waals surface area (Å²) in [7, 11) is 3.19. The Hall–Kier alpha value is -2.73. The second kappa shape index (κ2) is 6.62. The number of aryl methyl sites for hydroxylation is 1. The van der Waals surface area contributed by atoms with Gasteiger partial charge in [-0.3, -0.25) is 0 Å². The Kier molecular flexibility index (Phi) is 4.63. The van der Waals surface area contributed by atoms with E-state index in [9.17, 15) is 5.26 Å². The molecule has 0 unspecified atom stereocenters. The summed E-state index contributed by atoms with van der Waals surface area (Å²) in [6.07, 6.45) is 1.84. The lowest BCUT2D eigenvalue weighted by Crippen LogP contribution is -1.91. The normalized spacial score (nSPS) is 10.9. The van der Waals surface area contributed by atoms with Crippen molar-refractivity contribution in [2.75, 3.05) is 14.2 Å².